The van der Waals surface area contributed by atoms with Crippen LogP contribution in [0.2, 0.25) is 0 Å². The summed E-state index contributed by atoms with van der Waals surface area (Å²) in [6, 6.07) is 7.46. The first-order valence-corrected chi connectivity index (χ1v) is 16.7. The molecule has 3 saturated heterocycles. The number of anilines is 2. The van der Waals surface area contributed by atoms with Crippen molar-refractivity contribution in [3.05, 3.63) is 71.7 Å². The molecule has 15 heteroatoms. The zero-order valence-electron chi connectivity index (χ0n) is 27.7. The van der Waals surface area contributed by atoms with Crippen molar-refractivity contribution in [2.45, 2.75) is 44.4 Å². The Morgan fingerprint density at radius 1 is 0.980 bits per heavy atom. The second-order valence-corrected chi connectivity index (χ2v) is 12.7. The number of esters is 1. The maximum Gasteiger partial charge on any atom is 0.323 e. The zero-order valence-corrected chi connectivity index (χ0v) is 27.7. The van der Waals surface area contributed by atoms with Gasteiger partial charge in [-0.15, -0.1) is 0 Å². The molecule has 2 aromatic heterocycles. The smallest absolute Gasteiger partial charge is 0.323 e. The van der Waals surface area contributed by atoms with Crippen molar-refractivity contribution in [1.29, 1.82) is 0 Å². The van der Waals surface area contributed by atoms with Crippen molar-refractivity contribution in [2.75, 3.05) is 51.7 Å². The number of hydrogen-bond donors (Lipinski definition) is 3. The van der Waals surface area contributed by atoms with Gasteiger partial charge in [0, 0.05) is 68.4 Å². The van der Waals surface area contributed by atoms with Crippen LogP contribution in [0.3, 0.4) is 0 Å². The SMILES string of the molecule is COc1ccc(-c2cnc3c(Nc4ccc(C(=O)N5CCN(C(=O)[C@@H]6C[C@@H](OC(=O)[C@@H]7CCCN7)CN6)CC5)c(C)c4)nccn23)c(F)c1F. The van der Waals surface area contributed by atoms with Gasteiger partial charge >= 0.3 is 5.97 Å². The number of rotatable bonds is 8. The molecule has 2 aromatic carbocycles. The summed E-state index contributed by atoms with van der Waals surface area (Å²) in [4.78, 5) is 51.5. The number of piperazine rings is 1. The third-order valence-corrected chi connectivity index (χ3v) is 9.59. The number of ether oxygens (including phenoxy) is 2. The summed E-state index contributed by atoms with van der Waals surface area (Å²) in [5.74, 6) is -2.35. The highest BCUT2D eigenvalue weighted by Crippen LogP contribution is 2.32. The van der Waals surface area contributed by atoms with E-state index in [2.05, 4.69) is 25.9 Å². The minimum atomic E-state index is -1.08. The molecule has 0 bridgehead atoms. The van der Waals surface area contributed by atoms with Gasteiger partial charge in [0.15, 0.2) is 23.0 Å². The number of methoxy groups -OCH3 is 1. The number of carbonyl (C=O) groups excluding carboxylic acids is 3. The summed E-state index contributed by atoms with van der Waals surface area (Å²) in [6.45, 7) is 4.71. The van der Waals surface area contributed by atoms with E-state index in [4.69, 9.17) is 9.47 Å². The molecule has 3 aliphatic heterocycles. The molecule has 262 valence electrons. The van der Waals surface area contributed by atoms with Crippen molar-refractivity contribution in [3.8, 4) is 17.0 Å². The zero-order chi connectivity index (χ0) is 34.9. The molecule has 0 saturated carbocycles. The molecule has 0 spiro atoms. The van der Waals surface area contributed by atoms with E-state index in [9.17, 15) is 23.2 Å². The highest BCUT2D eigenvalue weighted by atomic mass is 19.2. The van der Waals surface area contributed by atoms with E-state index in [0.29, 0.717) is 67.6 Å². The minimum absolute atomic E-state index is 0.0238. The van der Waals surface area contributed by atoms with Gasteiger partial charge in [0.05, 0.1) is 25.0 Å². The Kier molecular flexibility index (Phi) is 9.33. The minimum Gasteiger partial charge on any atom is -0.494 e. The Hall–Kier alpha value is -5.15. The number of hydrogen-bond acceptors (Lipinski definition) is 10. The van der Waals surface area contributed by atoms with Crippen molar-refractivity contribution in [2.24, 2.45) is 0 Å². The summed E-state index contributed by atoms with van der Waals surface area (Å²) < 4.78 is 41.5. The summed E-state index contributed by atoms with van der Waals surface area (Å²) in [7, 11) is 1.27. The first kappa shape index (κ1) is 33.4. The van der Waals surface area contributed by atoms with E-state index in [1.54, 1.807) is 32.5 Å². The fourth-order valence-electron chi connectivity index (χ4n) is 6.85. The Morgan fingerprint density at radius 2 is 1.78 bits per heavy atom. The third kappa shape index (κ3) is 6.45. The average Bonchev–Trinajstić information content (AvgIpc) is 3.92. The van der Waals surface area contributed by atoms with Crippen LogP contribution in [0.4, 0.5) is 20.3 Å². The number of aromatic nitrogens is 3. The summed E-state index contributed by atoms with van der Waals surface area (Å²) >= 11 is 0. The van der Waals surface area contributed by atoms with Crippen LogP contribution in [-0.4, -0.2) is 107 Å². The highest BCUT2D eigenvalue weighted by molar-refractivity contribution is 5.96. The Balaban J connectivity index is 0.959. The van der Waals surface area contributed by atoms with E-state index in [1.807, 2.05) is 13.0 Å². The molecule has 3 N–H and O–H groups in total. The summed E-state index contributed by atoms with van der Waals surface area (Å²) in [5, 5.41) is 9.57. The highest BCUT2D eigenvalue weighted by Gasteiger charge is 2.37. The first-order valence-electron chi connectivity index (χ1n) is 16.7. The number of carbonyl (C=O) groups is 3. The van der Waals surface area contributed by atoms with Crippen LogP contribution < -0.4 is 20.7 Å². The monoisotopic (exact) mass is 688 g/mol. The third-order valence-electron chi connectivity index (χ3n) is 9.59. The quantitative estimate of drug-likeness (QED) is 0.237. The normalized spacial score (nSPS) is 20.7. The van der Waals surface area contributed by atoms with Crippen LogP contribution in [0.5, 0.6) is 5.75 Å². The van der Waals surface area contributed by atoms with Gasteiger partial charge < -0.3 is 35.2 Å². The summed E-state index contributed by atoms with van der Waals surface area (Å²) in [5.41, 5.74) is 2.71. The van der Waals surface area contributed by atoms with Gasteiger partial charge in [-0.1, -0.05) is 0 Å². The molecule has 3 atom stereocenters. The lowest BCUT2D eigenvalue weighted by molar-refractivity contribution is -0.150. The second kappa shape index (κ2) is 14.0. The number of amides is 2. The number of benzene rings is 2. The van der Waals surface area contributed by atoms with Gasteiger partial charge in [0.25, 0.3) is 5.91 Å². The van der Waals surface area contributed by atoms with Crippen LogP contribution in [0.1, 0.15) is 35.2 Å². The first-order chi connectivity index (χ1) is 24.2. The topological polar surface area (TPSA) is 142 Å². The molecule has 2 amide bonds. The maximum absolute atomic E-state index is 14.9. The largest absolute Gasteiger partial charge is 0.494 e. The number of halogens is 2. The number of fused-ring (bicyclic) bond motifs is 1. The van der Waals surface area contributed by atoms with Gasteiger partial charge in [-0.3, -0.25) is 18.8 Å². The fraction of sp³-hybridized carbons (Fsp3) is 0.400. The number of aryl methyl sites for hydroxylation is 1. The van der Waals surface area contributed by atoms with E-state index >= 15 is 0 Å². The van der Waals surface area contributed by atoms with Gasteiger partial charge in [0.1, 0.15) is 12.1 Å². The Morgan fingerprint density at radius 3 is 2.52 bits per heavy atom. The van der Waals surface area contributed by atoms with Crippen LogP contribution in [-0.2, 0) is 14.3 Å². The van der Waals surface area contributed by atoms with Crippen LogP contribution in [0.15, 0.2) is 48.9 Å². The molecule has 13 nitrogen and oxygen atoms in total. The average molecular weight is 689 g/mol. The van der Waals surface area contributed by atoms with Gasteiger partial charge in [-0.05, 0) is 62.2 Å². The lowest BCUT2D eigenvalue weighted by Gasteiger charge is -2.36. The number of nitrogens with zero attached hydrogens (tertiary/aromatic N) is 5. The van der Waals surface area contributed by atoms with E-state index in [-0.39, 0.29) is 41.2 Å². The Bertz CT molecular complexity index is 1940. The lowest BCUT2D eigenvalue weighted by atomic mass is 10.1. The van der Waals surface area contributed by atoms with Gasteiger partial charge in [0.2, 0.25) is 11.7 Å². The predicted octanol–water partition coefficient (Wildman–Crippen LogP) is 3.05. The van der Waals surface area contributed by atoms with Crippen molar-refractivity contribution < 1.29 is 32.6 Å². The molecule has 4 aromatic rings. The van der Waals surface area contributed by atoms with Crippen molar-refractivity contribution in [3.63, 3.8) is 0 Å². The van der Waals surface area contributed by atoms with Crippen LogP contribution in [0, 0.1) is 18.6 Å². The molecule has 3 fully saturated rings. The lowest BCUT2D eigenvalue weighted by Crippen LogP contribution is -2.54. The van der Waals surface area contributed by atoms with E-state index in [0.717, 1.165) is 24.9 Å². The van der Waals surface area contributed by atoms with Crippen LogP contribution in [0.25, 0.3) is 16.9 Å². The van der Waals surface area contributed by atoms with Crippen LogP contribution >= 0.6 is 0 Å². The molecule has 3 aliphatic rings. The van der Waals surface area contributed by atoms with E-state index in [1.165, 1.54) is 31.6 Å². The molecule has 5 heterocycles. The molecule has 50 heavy (non-hydrogen) atoms. The Labute approximate surface area is 287 Å². The standard InChI is InChI=1S/C35H38F2N8O5/c1-20-16-21(42-31-32-41-19-27(45(32)11-10-39-31)24-7-8-28(49-2)30(37)29(24)36)5-6-23(20)33(46)43-12-14-44(15-13-43)34(47)26-17-22(18-40-26)50-35(48)25-4-3-9-38-25/h5-8,10-11,16,19,22,25-26,38,40H,3-4,9,12-15,17-18H2,1-2H3,(H,39,42)/t22-,25+,26+/m1/s1. The van der Waals surface area contributed by atoms with Crippen molar-refractivity contribution in [1.82, 2.24) is 34.8 Å². The predicted molar refractivity (Wildman–Crippen MR) is 179 cm³/mol. The molecule has 0 radical (unpaired) electrons. The molecule has 7 rings (SSSR count). The van der Waals surface area contributed by atoms with Crippen molar-refractivity contribution >= 4 is 34.9 Å². The van der Waals surface area contributed by atoms with E-state index < -0.39 is 17.7 Å². The molecule has 0 unspecified atom stereocenters. The van der Waals surface area contributed by atoms with Gasteiger partial charge in [-0.25, -0.2) is 14.4 Å². The van der Waals surface area contributed by atoms with Gasteiger partial charge in [-0.2, -0.15) is 4.39 Å². The molecular formula is C35H38F2N8O5. The number of imidazole rings is 1. The number of nitrogens with one attached hydrogen (secondary N) is 3. The fourth-order valence-corrected chi connectivity index (χ4v) is 6.85. The maximum atomic E-state index is 14.9. The molecule has 0 aliphatic carbocycles. The molecular weight excluding hydrogens is 650 g/mol. The second-order valence-electron chi connectivity index (χ2n) is 12.7. The summed E-state index contributed by atoms with van der Waals surface area (Å²) in [6.07, 6.45) is 6.40.